The predicted octanol–water partition coefficient (Wildman–Crippen LogP) is 6.66. The molecule has 0 unspecified atom stereocenters. The summed E-state index contributed by atoms with van der Waals surface area (Å²) < 4.78 is 30.6. The molecule has 3 rings (SSSR count). The van der Waals surface area contributed by atoms with E-state index in [1.54, 1.807) is 36.0 Å². The van der Waals surface area contributed by atoms with Crippen molar-refractivity contribution in [2.24, 2.45) is 5.92 Å². The molecule has 4 atom stereocenters. The Kier molecular flexibility index (Phi) is 9.66. The largest absolute Gasteiger partial charge is 0.481 e. The van der Waals surface area contributed by atoms with Crippen molar-refractivity contribution in [3.05, 3.63) is 64.1 Å². The molecular weight excluding hydrogens is 534 g/mol. The number of rotatable bonds is 11. The van der Waals surface area contributed by atoms with E-state index < -0.39 is 34.0 Å². The van der Waals surface area contributed by atoms with Gasteiger partial charge in [0, 0.05) is 15.8 Å². The van der Waals surface area contributed by atoms with Gasteiger partial charge in [-0.15, -0.1) is 0 Å². The average Bonchev–Trinajstić information content (AvgIpc) is 3.13. The molecule has 0 radical (unpaired) electrons. The number of benzene rings is 2. The zero-order valence-corrected chi connectivity index (χ0v) is 23.2. The van der Waals surface area contributed by atoms with Crippen LogP contribution in [0.2, 0.25) is 0 Å². The molecule has 34 heavy (non-hydrogen) atoms. The Labute approximate surface area is 216 Å². The normalized spacial score (nSPS) is 23.3. The Balaban J connectivity index is 2.15. The van der Waals surface area contributed by atoms with Gasteiger partial charge in [0.15, 0.2) is 0 Å². The smallest absolute Gasteiger partial charge is 0.309 e. The predicted molar refractivity (Wildman–Crippen MR) is 143 cm³/mol. The molecule has 1 N–H and O–H groups in total. The van der Waals surface area contributed by atoms with Gasteiger partial charge in [0.05, 0.1) is 16.9 Å². The summed E-state index contributed by atoms with van der Waals surface area (Å²) in [6, 6.07) is 13.1. The third kappa shape index (κ3) is 5.89. The highest BCUT2D eigenvalue weighted by atomic mass is 79.9. The van der Waals surface area contributed by atoms with E-state index in [0.717, 1.165) is 41.5 Å². The summed E-state index contributed by atoms with van der Waals surface area (Å²) >= 11 is 5.07. The van der Waals surface area contributed by atoms with Crippen LogP contribution in [0.5, 0.6) is 0 Å². The van der Waals surface area contributed by atoms with E-state index >= 15 is 0 Å². The highest BCUT2D eigenvalue weighted by Crippen LogP contribution is 2.50. The lowest BCUT2D eigenvalue weighted by Gasteiger charge is -2.31. The highest BCUT2D eigenvalue weighted by Gasteiger charge is 2.56. The Morgan fingerprint density at radius 1 is 1.03 bits per heavy atom. The molecule has 1 aliphatic rings. The van der Waals surface area contributed by atoms with Gasteiger partial charge in [0.2, 0.25) is 10.0 Å². The monoisotopic (exact) mass is 567 g/mol. The lowest BCUT2D eigenvalue weighted by molar-refractivity contribution is -0.142. The second kappa shape index (κ2) is 12.1. The summed E-state index contributed by atoms with van der Waals surface area (Å²) in [6.07, 6.45) is 4.55. The maximum atomic E-state index is 14.1. The summed E-state index contributed by atoms with van der Waals surface area (Å²) in [4.78, 5) is 12.9. The Morgan fingerprint density at radius 3 is 2.24 bits per heavy atom. The summed E-state index contributed by atoms with van der Waals surface area (Å²) in [5.74, 6) is -0.943. The number of aliphatic carboxylic acids is 1. The molecule has 0 saturated carbocycles. The Hall–Kier alpha value is -1.35. The van der Waals surface area contributed by atoms with E-state index in [0.29, 0.717) is 12.0 Å². The van der Waals surface area contributed by atoms with Gasteiger partial charge in [-0.05, 0) is 55.3 Å². The molecule has 8 heteroatoms. The number of nitrogens with zero attached hydrogens (tertiary/aromatic N) is 1. The molecule has 186 valence electrons. The zero-order valence-electron chi connectivity index (χ0n) is 20.0. The van der Waals surface area contributed by atoms with E-state index in [1.165, 1.54) is 4.31 Å². The van der Waals surface area contributed by atoms with E-state index in [1.807, 2.05) is 38.1 Å². The van der Waals surface area contributed by atoms with Crippen LogP contribution in [0, 0.1) is 12.8 Å². The fourth-order valence-corrected chi connectivity index (χ4v) is 8.57. The van der Waals surface area contributed by atoms with Crippen molar-refractivity contribution in [1.82, 2.24) is 4.31 Å². The van der Waals surface area contributed by atoms with Crippen LogP contribution in [0.15, 0.2) is 57.9 Å². The number of sulfonamides is 1. The first kappa shape index (κ1) is 27.2. The van der Waals surface area contributed by atoms with Gasteiger partial charge >= 0.3 is 5.97 Å². The van der Waals surface area contributed by atoms with Gasteiger partial charge in [-0.2, -0.15) is 16.1 Å². The van der Waals surface area contributed by atoms with Gasteiger partial charge in [-0.3, -0.25) is 4.79 Å². The SMILES string of the molecule is CCCCCS[C@H]1[C@@H](C(=O)O)[C@H](c2ccc(Br)cc2)N(S(=O)(=O)c2ccc(C)cc2)[C@@H]1CCC. The quantitative estimate of drug-likeness (QED) is 0.307. The molecule has 0 amide bonds. The zero-order chi connectivity index (χ0) is 24.9. The van der Waals surface area contributed by atoms with Crippen LogP contribution in [-0.2, 0) is 14.8 Å². The number of unbranched alkanes of at least 4 members (excludes halogenated alkanes) is 2. The third-order valence-corrected chi connectivity index (χ3v) is 10.4. The van der Waals surface area contributed by atoms with Crippen molar-refractivity contribution in [1.29, 1.82) is 0 Å². The van der Waals surface area contributed by atoms with Crippen LogP contribution in [-0.4, -0.2) is 40.8 Å². The number of carboxylic acid groups (broad SMARTS) is 1. The minimum Gasteiger partial charge on any atom is -0.481 e. The minimum absolute atomic E-state index is 0.210. The lowest BCUT2D eigenvalue weighted by Crippen LogP contribution is -2.40. The number of hydrogen-bond acceptors (Lipinski definition) is 4. The molecule has 0 aliphatic carbocycles. The van der Waals surface area contributed by atoms with Crippen molar-refractivity contribution in [2.45, 2.75) is 75.1 Å². The number of hydrogen-bond donors (Lipinski definition) is 1. The van der Waals surface area contributed by atoms with E-state index in [-0.39, 0.29) is 10.1 Å². The fraction of sp³-hybridized carbons (Fsp3) is 0.500. The van der Waals surface area contributed by atoms with Crippen molar-refractivity contribution < 1.29 is 18.3 Å². The van der Waals surface area contributed by atoms with Gasteiger partial charge in [-0.25, -0.2) is 8.42 Å². The van der Waals surface area contributed by atoms with Crippen LogP contribution >= 0.6 is 27.7 Å². The molecule has 2 aromatic rings. The van der Waals surface area contributed by atoms with Crippen molar-refractivity contribution in [2.75, 3.05) is 5.75 Å². The molecule has 1 heterocycles. The van der Waals surface area contributed by atoms with Gasteiger partial charge in [-0.1, -0.05) is 78.9 Å². The fourth-order valence-electron chi connectivity index (χ4n) is 4.75. The molecule has 1 aliphatic heterocycles. The van der Waals surface area contributed by atoms with E-state index in [9.17, 15) is 18.3 Å². The molecule has 2 aromatic carbocycles. The molecule has 0 spiro atoms. The second-order valence-electron chi connectivity index (χ2n) is 8.91. The lowest BCUT2D eigenvalue weighted by atomic mass is 9.92. The average molecular weight is 569 g/mol. The topological polar surface area (TPSA) is 74.7 Å². The Bertz CT molecular complexity index is 1060. The van der Waals surface area contributed by atoms with Crippen LogP contribution in [0.1, 0.15) is 63.1 Å². The molecule has 1 fully saturated rings. The molecular formula is C26H34BrNO4S2. The maximum absolute atomic E-state index is 14.1. The summed E-state index contributed by atoms with van der Waals surface area (Å²) in [7, 11) is -3.92. The molecule has 0 bridgehead atoms. The van der Waals surface area contributed by atoms with Crippen molar-refractivity contribution in [3.63, 3.8) is 0 Å². The van der Waals surface area contributed by atoms with Crippen molar-refractivity contribution in [3.8, 4) is 0 Å². The number of carbonyl (C=O) groups is 1. The second-order valence-corrected chi connectivity index (χ2v) is 13.0. The Morgan fingerprint density at radius 2 is 1.68 bits per heavy atom. The van der Waals surface area contributed by atoms with Crippen LogP contribution in [0.25, 0.3) is 0 Å². The van der Waals surface area contributed by atoms with Crippen LogP contribution in [0.4, 0.5) is 0 Å². The first-order valence-electron chi connectivity index (χ1n) is 11.9. The number of halogens is 1. The van der Waals surface area contributed by atoms with Crippen LogP contribution in [0.3, 0.4) is 0 Å². The van der Waals surface area contributed by atoms with E-state index in [4.69, 9.17) is 0 Å². The third-order valence-electron chi connectivity index (χ3n) is 6.41. The van der Waals surface area contributed by atoms with Crippen LogP contribution < -0.4 is 0 Å². The number of aryl methyl sites for hydroxylation is 1. The standard InChI is InChI=1S/C26H34BrNO4S2/c1-4-6-7-17-33-25-22(8-5-2)28(34(31,32)21-15-9-18(3)10-16-21)24(23(25)26(29)30)19-11-13-20(27)14-12-19/h9-16,22-25H,4-8,17H2,1-3H3,(H,29,30)/t22-,23+,24+,25-/m1/s1. The van der Waals surface area contributed by atoms with Crippen molar-refractivity contribution >= 4 is 43.7 Å². The molecule has 5 nitrogen and oxygen atoms in total. The first-order chi connectivity index (χ1) is 16.2. The van der Waals surface area contributed by atoms with E-state index in [2.05, 4.69) is 22.9 Å². The maximum Gasteiger partial charge on any atom is 0.309 e. The molecule has 1 saturated heterocycles. The first-order valence-corrected chi connectivity index (χ1v) is 15.2. The minimum atomic E-state index is -3.92. The summed E-state index contributed by atoms with van der Waals surface area (Å²) in [5.41, 5.74) is 1.69. The highest BCUT2D eigenvalue weighted by molar-refractivity contribution is 9.10. The number of carboxylic acids is 1. The van der Waals surface area contributed by atoms with Gasteiger partial charge < -0.3 is 5.11 Å². The number of thioether (sulfide) groups is 1. The van der Waals surface area contributed by atoms with Gasteiger partial charge in [0.25, 0.3) is 0 Å². The summed E-state index contributed by atoms with van der Waals surface area (Å²) in [6.45, 7) is 6.08. The van der Waals surface area contributed by atoms with Gasteiger partial charge in [0.1, 0.15) is 0 Å². The summed E-state index contributed by atoms with van der Waals surface area (Å²) in [5, 5.41) is 10.1. The molecule has 0 aromatic heterocycles.